The van der Waals surface area contributed by atoms with Gasteiger partial charge in [-0.05, 0) is 33.4 Å². The Bertz CT molecular complexity index is 558. The Morgan fingerprint density at radius 2 is 2.05 bits per heavy atom. The van der Waals surface area contributed by atoms with Crippen molar-refractivity contribution in [1.29, 1.82) is 0 Å². The molecule has 3 nitrogen and oxygen atoms in total. The lowest BCUT2D eigenvalue weighted by Gasteiger charge is -2.12. The Balaban J connectivity index is 2.08. The molecule has 0 aliphatic rings. The molecular formula is C16H22N2OS. The van der Waals surface area contributed by atoms with E-state index in [1.807, 2.05) is 6.92 Å². The number of nitrogens with one attached hydrogen (secondary N) is 1. The Morgan fingerprint density at radius 3 is 2.70 bits per heavy atom. The summed E-state index contributed by atoms with van der Waals surface area (Å²) < 4.78 is 5.95. The number of rotatable bonds is 6. The average Bonchev–Trinajstić information content (AvgIpc) is 2.74. The topological polar surface area (TPSA) is 34.1 Å². The predicted molar refractivity (Wildman–Crippen MR) is 84.5 cm³/mol. The van der Waals surface area contributed by atoms with Gasteiger partial charge in [-0.2, -0.15) is 0 Å². The number of aryl methyl sites for hydroxylation is 3. The molecule has 20 heavy (non-hydrogen) atoms. The predicted octanol–water partition coefficient (Wildman–Crippen LogP) is 3.76. The van der Waals surface area contributed by atoms with Crippen LogP contribution in [-0.4, -0.2) is 11.5 Å². The third-order valence-corrected chi connectivity index (χ3v) is 4.25. The number of hydrogen-bond acceptors (Lipinski definition) is 4. The lowest BCUT2D eigenvalue weighted by Crippen LogP contribution is -2.13. The minimum absolute atomic E-state index is 0.543. The summed E-state index contributed by atoms with van der Waals surface area (Å²) >= 11 is 1.71. The molecule has 0 unspecified atom stereocenters. The number of aromatic nitrogens is 1. The fraction of sp³-hybridized carbons (Fsp3) is 0.438. The summed E-state index contributed by atoms with van der Waals surface area (Å²) in [5.74, 6) is 0.946. The van der Waals surface area contributed by atoms with Gasteiger partial charge in [0.2, 0.25) is 0 Å². The SMILES string of the molecule is CCNCc1cc(C)ccc1OCc1nc(C)c(C)s1. The van der Waals surface area contributed by atoms with Gasteiger partial charge in [0.05, 0.1) is 5.69 Å². The number of nitrogens with zero attached hydrogens (tertiary/aromatic N) is 1. The van der Waals surface area contributed by atoms with Gasteiger partial charge in [0.25, 0.3) is 0 Å². The van der Waals surface area contributed by atoms with E-state index >= 15 is 0 Å². The molecule has 2 aromatic rings. The maximum Gasteiger partial charge on any atom is 0.140 e. The molecule has 1 N–H and O–H groups in total. The molecule has 2 rings (SSSR count). The molecule has 0 saturated carbocycles. The Labute approximate surface area is 125 Å². The van der Waals surface area contributed by atoms with Gasteiger partial charge in [-0.1, -0.05) is 24.6 Å². The molecule has 1 heterocycles. The van der Waals surface area contributed by atoms with Crippen LogP contribution >= 0.6 is 11.3 Å². The van der Waals surface area contributed by atoms with Crippen LogP contribution in [0.1, 0.15) is 33.6 Å². The molecule has 0 bridgehead atoms. The zero-order valence-corrected chi connectivity index (χ0v) is 13.4. The minimum atomic E-state index is 0.543. The molecule has 0 aliphatic heterocycles. The second-order valence-electron chi connectivity index (χ2n) is 4.93. The summed E-state index contributed by atoms with van der Waals surface area (Å²) in [5, 5.41) is 4.39. The fourth-order valence-corrected chi connectivity index (χ4v) is 2.83. The molecule has 1 aromatic carbocycles. The summed E-state index contributed by atoms with van der Waals surface area (Å²) in [6.07, 6.45) is 0. The van der Waals surface area contributed by atoms with Crippen LogP contribution in [0.4, 0.5) is 0 Å². The van der Waals surface area contributed by atoms with Crippen molar-refractivity contribution in [2.75, 3.05) is 6.54 Å². The van der Waals surface area contributed by atoms with Crippen LogP contribution in [0.3, 0.4) is 0 Å². The fourth-order valence-electron chi connectivity index (χ4n) is 1.99. The average molecular weight is 290 g/mol. The van der Waals surface area contributed by atoms with Crippen molar-refractivity contribution in [2.45, 2.75) is 40.8 Å². The normalized spacial score (nSPS) is 10.8. The zero-order chi connectivity index (χ0) is 14.5. The third kappa shape index (κ3) is 3.81. The van der Waals surface area contributed by atoms with E-state index in [-0.39, 0.29) is 0 Å². The summed E-state index contributed by atoms with van der Waals surface area (Å²) in [4.78, 5) is 5.78. The number of ether oxygens (including phenoxy) is 1. The molecule has 1 aromatic heterocycles. The molecule has 0 saturated heterocycles. The molecule has 4 heteroatoms. The number of hydrogen-bond donors (Lipinski definition) is 1. The molecule has 0 amide bonds. The van der Waals surface area contributed by atoms with Crippen molar-refractivity contribution in [3.63, 3.8) is 0 Å². The number of benzene rings is 1. The lowest BCUT2D eigenvalue weighted by molar-refractivity contribution is 0.301. The van der Waals surface area contributed by atoms with Crippen LogP contribution in [0, 0.1) is 20.8 Å². The molecule has 108 valence electrons. The summed E-state index contributed by atoms with van der Waals surface area (Å²) in [5.41, 5.74) is 3.56. The molecule has 0 radical (unpaired) electrons. The van der Waals surface area contributed by atoms with E-state index in [1.165, 1.54) is 16.0 Å². The summed E-state index contributed by atoms with van der Waals surface area (Å²) in [7, 11) is 0. The summed E-state index contributed by atoms with van der Waals surface area (Å²) in [6.45, 7) is 10.7. The van der Waals surface area contributed by atoms with Crippen LogP contribution in [0.15, 0.2) is 18.2 Å². The van der Waals surface area contributed by atoms with Gasteiger partial charge < -0.3 is 10.1 Å². The van der Waals surface area contributed by atoms with E-state index in [9.17, 15) is 0 Å². The molecule has 0 atom stereocenters. The van der Waals surface area contributed by atoms with Gasteiger partial charge in [-0.15, -0.1) is 11.3 Å². The molecular weight excluding hydrogens is 268 g/mol. The Hall–Kier alpha value is -1.39. The first-order valence-electron chi connectivity index (χ1n) is 6.96. The third-order valence-electron chi connectivity index (χ3n) is 3.21. The van der Waals surface area contributed by atoms with Gasteiger partial charge in [0, 0.05) is 17.0 Å². The highest BCUT2D eigenvalue weighted by Crippen LogP contribution is 2.23. The van der Waals surface area contributed by atoms with Crippen molar-refractivity contribution in [2.24, 2.45) is 0 Å². The maximum absolute atomic E-state index is 5.95. The number of thiazole rings is 1. The minimum Gasteiger partial charge on any atom is -0.486 e. The van der Waals surface area contributed by atoms with Crippen molar-refractivity contribution in [3.05, 3.63) is 44.9 Å². The Morgan fingerprint density at radius 1 is 1.25 bits per heavy atom. The summed E-state index contributed by atoms with van der Waals surface area (Å²) in [6, 6.07) is 6.31. The van der Waals surface area contributed by atoms with E-state index < -0.39 is 0 Å². The first-order chi connectivity index (χ1) is 9.60. The van der Waals surface area contributed by atoms with Gasteiger partial charge in [0.15, 0.2) is 0 Å². The standard InChI is InChI=1S/C16H22N2OS/c1-5-17-9-14-8-11(2)6-7-15(14)19-10-16-18-12(3)13(4)20-16/h6-8,17H,5,9-10H2,1-4H3. The monoisotopic (exact) mass is 290 g/mol. The maximum atomic E-state index is 5.95. The van der Waals surface area contributed by atoms with E-state index in [0.717, 1.165) is 29.5 Å². The van der Waals surface area contributed by atoms with Crippen LogP contribution in [-0.2, 0) is 13.2 Å². The van der Waals surface area contributed by atoms with Gasteiger partial charge in [0.1, 0.15) is 17.4 Å². The quantitative estimate of drug-likeness (QED) is 0.879. The molecule has 0 aliphatic carbocycles. The van der Waals surface area contributed by atoms with Crippen LogP contribution in [0.5, 0.6) is 5.75 Å². The van der Waals surface area contributed by atoms with Crippen LogP contribution < -0.4 is 10.1 Å². The van der Waals surface area contributed by atoms with Gasteiger partial charge in [-0.25, -0.2) is 4.98 Å². The molecule has 0 fully saturated rings. The van der Waals surface area contributed by atoms with E-state index in [0.29, 0.717) is 6.61 Å². The highest BCUT2D eigenvalue weighted by molar-refractivity contribution is 7.11. The highest BCUT2D eigenvalue weighted by atomic mass is 32.1. The van der Waals surface area contributed by atoms with Crippen molar-refractivity contribution >= 4 is 11.3 Å². The van der Waals surface area contributed by atoms with Crippen LogP contribution in [0.25, 0.3) is 0 Å². The first-order valence-corrected chi connectivity index (χ1v) is 7.77. The first kappa shape index (κ1) is 15.0. The van der Waals surface area contributed by atoms with E-state index in [2.05, 4.69) is 49.3 Å². The van der Waals surface area contributed by atoms with Crippen molar-refractivity contribution in [1.82, 2.24) is 10.3 Å². The zero-order valence-electron chi connectivity index (χ0n) is 12.6. The largest absolute Gasteiger partial charge is 0.486 e. The lowest BCUT2D eigenvalue weighted by atomic mass is 10.1. The van der Waals surface area contributed by atoms with E-state index in [1.54, 1.807) is 11.3 Å². The van der Waals surface area contributed by atoms with Crippen molar-refractivity contribution < 1.29 is 4.74 Å². The second kappa shape index (κ2) is 6.86. The van der Waals surface area contributed by atoms with Gasteiger partial charge in [-0.3, -0.25) is 0 Å². The van der Waals surface area contributed by atoms with Crippen LogP contribution in [0.2, 0.25) is 0 Å². The molecule has 0 spiro atoms. The Kier molecular flexibility index (Phi) is 5.15. The smallest absolute Gasteiger partial charge is 0.140 e. The van der Waals surface area contributed by atoms with E-state index in [4.69, 9.17) is 4.74 Å². The highest BCUT2D eigenvalue weighted by Gasteiger charge is 2.07. The second-order valence-corrected chi connectivity index (χ2v) is 6.22. The van der Waals surface area contributed by atoms with Crippen molar-refractivity contribution in [3.8, 4) is 5.75 Å². The van der Waals surface area contributed by atoms with Gasteiger partial charge >= 0.3 is 0 Å².